The van der Waals surface area contributed by atoms with E-state index in [9.17, 15) is 9.59 Å². The fraction of sp³-hybridized carbons (Fsp3) is 0.400. The smallest absolute Gasteiger partial charge is 0.409 e. The minimum absolute atomic E-state index is 0.274. The highest BCUT2D eigenvalue weighted by Crippen LogP contribution is 2.21. The second kappa shape index (κ2) is 9.22. The molecule has 29 heavy (non-hydrogen) atoms. The summed E-state index contributed by atoms with van der Waals surface area (Å²) in [5, 5.41) is 3.24. The molecule has 2 heterocycles. The van der Waals surface area contributed by atoms with E-state index in [1.54, 1.807) is 36.1 Å². The SMILES string of the molecule is CCOC(=O)N1CCN(c2cc(Nc3ccc(C(=O)OC)cc3)nc(C)n2)CC1. The van der Waals surface area contributed by atoms with Crippen molar-refractivity contribution in [2.75, 3.05) is 50.1 Å². The van der Waals surface area contributed by atoms with E-state index in [0.29, 0.717) is 50.0 Å². The number of anilines is 3. The van der Waals surface area contributed by atoms with Crippen molar-refractivity contribution in [2.45, 2.75) is 13.8 Å². The number of aryl methyl sites for hydroxylation is 1. The molecule has 1 aliphatic heterocycles. The molecule has 9 heteroatoms. The quantitative estimate of drug-likeness (QED) is 0.767. The zero-order chi connectivity index (χ0) is 20.8. The van der Waals surface area contributed by atoms with Crippen molar-refractivity contribution in [2.24, 2.45) is 0 Å². The maximum absolute atomic E-state index is 11.9. The summed E-state index contributed by atoms with van der Waals surface area (Å²) in [5.41, 5.74) is 1.28. The normalized spacial score (nSPS) is 13.8. The van der Waals surface area contributed by atoms with Crippen molar-refractivity contribution >= 4 is 29.4 Å². The van der Waals surface area contributed by atoms with Gasteiger partial charge in [0.05, 0.1) is 19.3 Å². The van der Waals surface area contributed by atoms with Gasteiger partial charge in [0.15, 0.2) is 0 Å². The summed E-state index contributed by atoms with van der Waals surface area (Å²) in [7, 11) is 1.35. The Morgan fingerprint density at radius 1 is 1.10 bits per heavy atom. The molecule has 1 saturated heterocycles. The number of hydrogen-bond donors (Lipinski definition) is 1. The lowest BCUT2D eigenvalue weighted by Gasteiger charge is -2.34. The van der Waals surface area contributed by atoms with Crippen LogP contribution < -0.4 is 10.2 Å². The van der Waals surface area contributed by atoms with E-state index in [4.69, 9.17) is 9.47 Å². The minimum atomic E-state index is -0.376. The van der Waals surface area contributed by atoms with E-state index in [0.717, 1.165) is 11.5 Å². The molecule has 0 radical (unpaired) electrons. The molecule has 0 atom stereocenters. The molecule has 1 aliphatic rings. The van der Waals surface area contributed by atoms with Crippen LogP contribution in [-0.4, -0.2) is 66.8 Å². The number of carbonyl (C=O) groups excluding carboxylic acids is 2. The van der Waals surface area contributed by atoms with Crippen molar-refractivity contribution in [3.8, 4) is 0 Å². The number of nitrogens with zero attached hydrogens (tertiary/aromatic N) is 4. The lowest BCUT2D eigenvalue weighted by molar-refractivity contribution is 0.0600. The summed E-state index contributed by atoms with van der Waals surface area (Å²) in [6, 6.07) is 8.85. The predicted molar refractivity (Wildman–Crippen MR) is 109 cm³/mol. The Morgan fingerprint density at radius 3 is 2.41 bits per heavy atom. The molecule has 0 unspecified atom stereocenters. The Morgan fingerprint density at radius 2 is 1.79 bits per heavy atom. The van der Waals surface area contributed by atoms with Gasteiger partial charge in [0.1, 0.15) is 17.5 Å². The Balaban J connectivity index is 1.67. The van der Waals surface area contributed by atoms with Gasteiger partial charge in [0.2, 0.25) is 0 Å². The highest BCUT2D eigenvalue weighted by Gasteiger charge is 2.23. The molecule has 0 saturated carbocycles. The summed E-state index contributed by atoms with van der Waals surface area (Å²) in [6.07, 6.45) is -0.274. The molecule has 0 aliphatic carbocycles. The first-order valence-electron chi connectivity index (χ1n) is 9.48. The molecule has 1 aromatic heterocycles. The second-order valence-electron chi connectivity index (χ2n) is 6.53. The maximum Gasteiger partial charge on any atom is 0.409 e. The summed E-state index contributed by atoms with van der Waals surface area (Å²) in [6.45, 7) is 6.52. The largest absolute Gasteiger partial charge is 0.465 e. The third-order valence-corrected chi connectivity index (χ3v) is 4.53. The molecule has 1 fully saturated rings. The number of piperazine rings is 1. The number of ether oxygens (including phenoxy) is 2. The Labute approximate surface area is 169 Å². The van der Waals surface area contributed by atoms with E-state index < -0.39 is 0 Å². The van der Waals surface area contributed by atoms with Crippen LogP contribution in [0, 0.1) is 6.92 Å². The first-order valence-corrected chi connectivity index (χ1v) is 9.48. The first kappa shape index (κ1) is 20.4. The molecule has 1 N–H and O–H groups in total. The van der Waals surface area contributed by atoms with Gasteiger partial charge in [-0.2, -0.15) is 0 Å². The molecule has 9 nitrogen and oxygen atoms in total. The fourth-order valence-electron chi connectivity index (χ4n) is 3.07. The molecule has 1 amide bonds. The van der Waals surface area contributed by atoms with Crippen LogP contribution in [0.15, 0.2) is 30.3 Å². The molecular formula is C20H25N5O4. The first-order chi connectivity index (χ1) is 14.0. The summed E-state index contributed by atoms with van der Waals surface area (Å²) in [4.78, 5) is 36.2. The van der Waals surface area contributed by atoms with Crippen molar-refractivity contribution < 1.29 is 19.1 Å². The number of rotatable bonds is 5. The minimum Gasteiger partial charge on any atom is -0.465 e. The fourth-order valence-corrected chi connectivity index (χ4v) is 3.07. The number of hydrogen-bond acceptors (Lipinski definition) is 8. The van der Waals surface area contributed by atoms with E-state index in [1.165, 1.54) is 7.11 Å². The molecule has 154 valence electrons. The van der Waals surface area contributed by atoms with Gasteiger partial charge >= 0.3 is 12.1 Å². The van der Waals surface area contributed by atoms with Gasteiger partial charge in [-0.1, -0.05) is 0 Å². The highest BCUT2D eigenvalue weighted by molar-refractivity contribution is 5.89. The van der Waals surface area contributed by atoms with E-state index in [2.05, 4.69) is 20.2 Å². The monoisotopic (exact) mass is 399 g/mol. The van der Waals surface area contributed by atoms with Gasteiger partial charge in [-0.15, -0.1) is 0 Å². The van der Waals surface area contributed by atoms with Crippen LogP contribution in [-0.2, 0) is 9.47 Å². The number of aromatic nitrogens is 2. The van der Waals surface area contributed by atoms with Crippen LogP contribution in [0.4, 0.5) is 22.1 Å². The molecular weight excluding hydrogens is 374 g/mol. The Hall–Kier alpha value is -3.36. The van der Waals surface area contributed by atoms with Crippen molar-refractivity contribution in [3.05, 3.63) is 41.7 Å². The van der Waals surface area contributed by atoms with Crippen LogP contribution in [0.1, 0.15) is 23.1 Å². The van der Waals surface area contributed by atoms with Gasteiger partial charge in [-0.3, -0.25) is 0 Å². The lowest BCUT2D eigenvalue weighted by Crippen LogP contribution is -2.49. The topological polar surface area (TPSA) is 96.9 Å². The lowest BCUT2D eigenvalue weighted by atomic mass is 10.2. The van der Waals surface area contributed by atoms with Crippen LogP contribution in [0.2, 0.25) is 0 Å². The number of methoxy groups -OCH3 is 1. The Kier molecular flexibility index (Phi) is 6.48. The van der Waals surface area contributed by atoms with E-state index >= 15 is 0 Å². The second-order valence-corrected chi connectivity index (χ2v) is 6.53. The molecule has 0 spiro atoms. The average molecular weight is 399 g/mol. The van der Waals surface area contributed by atoms with Gasteiger partial charge in [-0.05, 0) is 38.1 Å². The van der Waals surface area contributed by atoms with E-state index in [1.807, 2.05) is 13.0 Å². The number of esters is 1. The van der Waals surface area contributed by atoms with Crippen LogP contribution in [0.3, 0.4) is 0 Å². The third kappa shape index (κ3) is 5.13. The van der Waals surface area contributed by atoms with Crippen LogP contribution in [0.25, 0.3) is 0 Å². The number of nitrogens with one attached hydrogen (secondary N) is 1. The van der Waals surface area contributed by atoms with Gasteiger partial charge in [-0.25, -0.2) is 19.6 Å². The summed E-state index contributed by atoms with van der Waals surface area (Å²) >= 11 is 0. The van der Waals surface area contributed by atoms with Crippen molar-refractivity contribution in [3.63, 3.8) is 0 Å². The van der Waals surface area contributed by atoms with Crippen molar-refractivity contribution in [1.29, 1.82) is 0 Å². The third-order valence-electron chi connectivity index (χ3n) is 4.53. The summed E-state index contributed by atoms with van der Waals surface area (Å²) < 4.78 is 9.77. The molecule has 2 aromatic rings. The van der Waals surface area contributed by atoms with Crippen LogP contribution in [0.5, 0.6) is 0 Å². The number of carbonyl (C=O) groups is 2. The predicted octanol–water partition coefficient (Wildman–Crippen LogP) is 2.59. The van der Waals surface area contributed by atoms with Gasteiger partial charge < -0.3 is 24.6 Å². The van der Waals surface area contributed by atoms with Gasteiger partial charge in [0.25, 0.3) is 0 Å². The summed E-state index contributed by atoms with van der Waals surface area (Å²) in [5.74, 6) is 1.73. The number of amides is 1. The zero-order valence-electron chi connectivity index (χ0n) is 16.8. The van der Waals surface area contributed by atoms with Gasteiger partial charge in [0, 0.05) is 37.9 Å². The highest BCUT2D eigenvalue weighted by atomic mass is 16.6. The van der Waals surface area contributed by atoms with Crippen LogP contribution >= 0.6 is 0 Å². The molecule has 0 bridgehead atoms. The molecule has 3 rings (SSSR count). The van der Waals surface area contributed by atoms with Crippen molar-refractivity contribution in [1.82, 2.24) is 14.9 Å². The van der Waals surface area contributed by atoms with E-state index in [-0.39, 0.29) is 12.1 Å². The standard InChI is InChI=1S/C20H25N5O4/c1-4-29-20(27)25-11-9-24(10-12-25)18-13-17(21-14(2)22-18)23-16-7-5-15(6-8-16)19(26)28-3/h5-8,13H,4,9-12H2,1-3H3,(H,21,22,23). The average Bonchev–Trinajstić information content (AvgIpc) is 2.73. The zero-order valence-corrected chi connectivity index (χ0v) is 16.8. The Bertz CT molecular complexity index is 864. The number of benzene rings is 1. The molecule has 1 aromatic carbocycles. The maximum atomic E-state index is 11.9.